The highest BCUT2D eigenvalue weighted by molar-refractivity contribution is 5.91. The van der Waals surface area contributed by atoms with Gasteiger partial charge in [0.2, 0.25) is 0 Å². The Morgan fingerprint density at radius 1 is 0.900 bits per heavy atom. The van der Waals surface area contributed by atoms with Gasteiger partial charge in [-0.15, -0.1) is 10.2 Å². The second kappa shape index (κ2) is 8.32. The van der Waals surface area contributed by atoms with Gasteiger partial charge in [-0.25, -0.2) is 4.39 Å². The molecule has 9 heteroatoms. The van der Waals surface area contributed by atoms with E-state index in [2.05, 4.69) is 25.6 Å². The zero-order valence-electron chi connectivity index (χ0n) is 16.8. The second-order valence-corrected chi connectivity index (χ2v) is 6.62. The number of fused-ring (bicyclic) bond motifs is 1. The van der Waals surface area contributed by atoms with Crippen molar-refractivity contribution in [1.29, 1.82) is 0 Å². The summed E-state index contributed by atoms with van der Waals surface area (Å²) in [6, 6.07) is 8.40. The van der Waals surface area contributed by atoms with Gasteiger partial charge >= 0.3 is 0 Å². The molecule has 2 aromatic carbocycles. The SMILES string of the molecule is COc1ccc(F)c(Cc2ncc(Cc3nn[nH]n3)c3cc(OC)c(OC)cc23)c1. The Labute approximate surface area is 172 Å². The smallest absolute Gasteiger partial charge is 0.178 e. The lowest BCUT2D eigenvalue weighted by Gasteiger charge is -2.15. The first kappa shape index (κ1) is 19.6. The highest BCUT2D eigenvalue weighted by Gasteiger charge is 2.16. The van der Waals surface area contributed by atoms with E-state index in [9.17, 15) is 4.39 Å². The number of hydrogen-bond donors (Lipinski definition) is 1. The van der Waals surface area contributed by atoms with Crippen LogP contribution >= 0.6 is 0 Å². The van der Waals surface area contributed by atoms with Crippen LogP contribution in [-0.4, -0.2) is 46.9 Å². The molecule has 0 unspecified atom stereocenters. The van der Waals surface area contributed by atoms with Crippen LogP contribution in [0.1, 0.15) is 22.6 Å². The van der Waals surface area contributed by atoms with Crippen LogP contribution in [0.3, 0.4) is 0 Å². The largest absolute Gasteiger partial charge is 0.497 e. The van der Waals surface area contributed by atoms with Crippen molar-refractivity contribution in [2.75, 3.05) is 21.3 Å². The fourth-order valence-corrected chi connectivity index (χ4v) is 3.38. The molecule has 0 atom stereocenters. The number of hydrogen-bond acceptors (Lipinski definition) is 7. The minimum Gasteiger partial charge on any atom is -0.497 e. The normalized spacial score (nSPS) is 10.9. The van der Waals surface area contributed by atoms with Gasteiger partial charge < -0.3 is 14.2 Å². The maximum absolute atomic E-state index is 14.4. The highest BCUT2D eigenvalue weighted by atomic mass is 19.1. The van der Waals surface area contributed by atoms with E-state index >= 15 is 0 Å². The van der Waals surface area contributed by atoms with E-state index in [1.165, 1.54) is 6.07 Å². The van der Waals surface area contributed by atoms with Crippen LogP contribution in [0.4, 0.5) is 4.39 Å². The number of nitrogens with zero attached hydrogens (tertiary/aromatic N) is 4. The molecular formula is C21H20FN5O3. The third-order valence-electron chi connectivity index (χ3n) is 4.91. The van der Waals surface area contributed by atoms with Crippen molar-refractivity contribution in [3.8, 4) is 17.2 Å². The zero-order chi connectivity index (χ0) is 21.1. The van der Waals surface area contributed by atoms with Crippen molar-refractivity contribution >= 4 is 10.8 Å². The zero-order valence-corrected chi connectivity index (χ0v) is 16.8. The number of tetrazole rings is 1. The van der Waals surface area contributed by atoms with Crippen molar-refractivity contribution in [3.05, 3.63) is 65.0 Å². The quantitative estimate of drug-likeness (QED) is 0.501. The lowest BCUT2D eigenvalue weighted by Crippen LogP contribution is -2.02. The number of nitrogens with one attached hydrogen (secondary N) is 1. The van der Waals surface area contributed by atoms with Gasteiger partial charge in [0.05, 0.1) is 27.0 Å². The van der Waals surface area contributed by atoms with Crippen molar-refractivity contribution in [2.45, 2.75) is 12.8 Å². The number of aromatic nitrogens is 5. The van der Waals surface area contributed by atoms with E-state index in [0.717, 1.165) is 16.3 Å². The Morgan fingerprint density at radius 2 is 1.67 bits per heavy atom. The number of benzene rings is 2. The Balaban J connectivity index is 1.86. The average molecular weight is 409 g/mol. The Bertz CT molecular complexity index is 1180. The molecule has 0 fully saturated rings. The van der Waals surface area contributed by atoms with Crippen LogP contribution in [-0.2, 0) is 12.8 Å². The summed E-state index contributed by atoms with van der Waals surface area (Å²) >= 11 is 0. The molecule has 0 spiro atoms. The lowest BCUT2D eigenvalue weighted by atomic mass is 9.98. The summed E-state index contributed by atoms with van der Waals surface area (Å²) in [5.41, 5.74) is 2.08. The van der Waals surface area contributed by atoms with Gasteiger partial charge in [-0.05, 0) is 46.8 Å². The number of H-pyrrole nitrogens is 1. The first-order chi connectivity index (χ1) is 14.6. The van der Waals surface area contributed by atoms with Crippen LogP contribution in [0.5, 0.6) is 17.2 Å². The monoisotopic (exact) mass is 409 g/mol. The first-order valence-electron chi connectivity index (χ1n) is 9.20. The van der Waals surface area contributed by atoms with Gasteiger partial charge in [-0.2, -0.15) is 5.21 Å². The Morgan fingerprint density at radius 3 is 2.33 bits per heavy atom. The maximum atomic E-state index is 14.4. The van der Waals surface area contributed by atoms with Crippen LogP contribution in [0.25, 0.3) is 10.8 Å². The van der Waals surface area contributed by atoms with Crippen molar-refractivity contribution in [2.24, 2.45) is 0 Å². The fourth-order valence-electron chi connectivity index (χ4n) is 3.38. The molecule has 4 aromatic rings. The lowest BCUT2D eigenvalue weighted by molar-refractivity contribution is 0.356. The fraction of sp³-hybridized carbons (Fsp3) is 0.238. The highest BCUT2D eigenvalue weighted by Crippen LogP contribution is 2.36. The average Bonchev–Trinajstić information content (AvgIpc) is 3.29. The van der Waals surface area contributed by atoms with Crippen LogP contribution in [0, 0.1) is 5.82 Å². The summed E-state index contributed by atoms with van der Waals surface area (Å²) in [5.74, 6) is 1.96. The molecule has 0 saturated heterocycles. The van der Waals surface area contributed by atoms with Gasteiger partial charge in [0.1, 0.15) is 11.6 Å². The molecule has 4 rings (SSSR count). The Kier molecular flexibility index (Phi) is 5.42. The van der Waals surface area contributed by atoms with E-state index in [4.69, 9.17) is 14.2 Å². The molecule has 0 aliphatic carbocycles. The van der Waals surface area contributed by atoms with E-state index in [1.54, 1.807) is 39.7 Å². The third kappa shape index (κ3) is 3.73. The number of aromatic amines is 1. The standard InChI is InChI=1S/C21H20FN5O3/c1-28-14-4-5-17(22)12(6-14)7-18-16-10-20(30-3)19(29-2)9-15(16)13(11-23-18)8-21-24-26-27-25-21/h4-6,9-11H,7-8H2,1-3H3,(H,24,25,26,27). The molecule has 2 heterocycles. The summed E-state index contributed by atoms with van der Waals surface area (Å²) in [6.45, 7) is 0. The van der Waals surface area contributed by atoms with E-state index in [0.29, 0.717) is 40.8 Å². The van der Waals surface area contributed by atoms with Crippen LogP contribution in [0.2, 0.25) is 0 Å². The third-order valence-corrected chi connectivity index (χ3v) is 4.91. The molecule has 0 amide bonds. The molecule has 8 nitrogen and oxygen atoms in total. The summed E-state index contributed by atoms with van der Waals surface area (Å²) in [6.07, 6.45) is 2.47. The molecule has 0 aliphatic rings. The first-order valence-corrected chi connectivity index (χ1v) is 9.20. The van der Waals surface area contributed by atoms with Gasteiger partial charge in [0.25, 0.3) is 0 Å². The van der Waals surface area contributed by atoms with Gasteiger partial charge in [0.15, 0.2) is 17.3 Å². The molecule has 30 heavy (non-hydrogen) atoms. The molecule has 0 aliphatic heterocycles. The van der Waals surface area contributed by atoms with Crippen molar-refractivity contribution in [3.63, 3.8) is 0 Å². The molecule has 0 radical (unpaired) electrons. The number of rotatable bonds is 7. The summed E-state index contributed by atoms with van der Waals surface area (Å²) in [7, 11) is 4.70. The van der Waals surface area contributed by atoms with Gasteiger partial charge in [-0.3, -0.25) is 4.98 Å². The van der Waals surface area contributed by atoms with Crippen LogP contribution < -0.4 is 14.2 Å². The van der Waals surface area contributed by atoms with E-state index in [1.807, 2.05) is 12.1 Å². The second-order valence-electron chi connectivity index (χ2n) is 6.62. The van der Waals surface area contributed by atoms with Gasteiger partial charge in [0, 0.05) is 24.4 Å². The van der Waals surface area contributed by atoms with Gasteiger partial charge in [-0.1, -0.05) is 5.21 Å². The molecule has 154 valence electrons. The summed E-state index contributed by atoms with van der Waals surface area (Å²) < 4.78 is 30.6. The number of methoxy groups -OCH3 is 3. The van der Waals surface area contributed by atoms with Crippen molar-refractivity contribution in [1.82, 2.24) is 25.6 Å². The predicted octanol–water partition coefficient (Wildman–Crippen LogP) is 3.09. The number of ether oxygens (including phenoxy) is 3. The van der Waals surface area contributed by atoms with E-state index < -0.39 is 0 Å². The minimum atomic E-state index is -0.317. The molecule has 0 saturated carbocycles. The number of halogens is 1. The summed E-state index contributed by atoms with van der Waals surface area (Å²) in [5, 5.41) is 15.8. The molecule has 0 bridgehead atoms. The Hall–Kier alpha value is -3.75. The minimum absolute atomic E-state index is 0.289. The predicted molar refractivity (Wildman–Crippen MR) is 108 cm³/mol. The molecule has 2 aromatic heterocycles. The van der Waals surface area contributed by atoms with E-state index in [-0.39, 0.29) is 12.2 Å². The summed E-state index contributed by atoms with van der Waals surface area (Å²) in [4.78, 5) is 4.62. The topological polar surface area (TPSA) is 95.0 Å². The maximum Gasteiger partial charge on any atom is 0.178 e. The molecular weight excluding hydrogens is 389 g/mol. The molecule has 1 N–H and O–H groups in total. The van der Waals surface area contributed by atoms with Crippen LogP contribution in [0.15, 0.2) is 36.5 Å². The van der Waals surface area contributed by atoms with Crippen molar-refractivity contribution < 1.29 is 18.6 Å². The number of pyridine rings is 1.